The maximum absolute atomic E-state index is 10.9. The molecule has 4 nitrogen and oxygen atoms in total. The van der Waals surface area contributed by atoms with Gasteiger partial charge in [-0.1, -0.05) is 48.5 Å². The highest BCUT2D eigenvalue weighted by Crippen LogP contribution is 2.24. The van der Waals surface area contributed by atoms with Gasteiger partial charge in [-0.15, -0.1) is 0 Å². The largest absolute Gasteiger partial charge is 0.385 e. The topological polar surface area (TPSA) is 83.6 Å². The average molecular weight is 257 g/mol. The van der Waals surface area contributed by atoms with Gasteiger partial charge in [0.1, 0.15) is 6.10 Å². The van der Waals surface area contributed by atoms with Crippen LogP contribution in [0.3, 0.4) is 0 Å². The molecule has 0 radical (unpaired) electrons. The van der Waals surface area contributed by atoms with Crippen molar-refractivity contribution in [1.82, 2.24) is 0 Å². The number of carbonyl (C=O) groups excluding carboxylic acids is 1. The van der Waals surface area contributed by atoms with Gasteiger partial charge in [-0.3, -0.25) is 4.79 Å². The molecule has 0 bridgehead atoms. The molecular formula is C15H15NO3. The third-order valence-electron chi connectivity index (χ3n) is 2.93. The number of aliphatic hydroxyl groups is 2. The van der Waals surface area contributed by atoms with Gasteiger partial charge in [-0.2, -0.15) is 0 Å². The van der Waals surface area contributed by atoms with E-state index in [9.17, 15) is 15.0 Å². The van der Waals surface area contributed by atoms with Crippen LogP contribution >= 0.6 is 0 Å². The Kier molecular flexibility index (Phi) is 3.94. The Bertz CT molecular complexity index is 569. The van der Waals surface area contributed by atoms with Gasteiger partial charge in [-0.05, 0) is 22.8 Å². The number of hydrogen-bond donors (Lipinski definition) is 3. The highest BCUT2D eigenvalue weighted by atomic mass is 16.3. The van der Waals surface area contributed by atoms with Crippen LogP contribution in [0.25, 0.3) is 11.1 Å². The number of aliphatic hydroxyl groups excluding tert-OH is 2. The molecule has 0 saturated heterocycles. The molecule has 2 rings (SSSR count). The van der Waals surface area contributed by atoms with Gasteiger partial charge in [0.05, 0.1) is 0 Å². The number of nitrogens with two attached hydrogens (primary N) is 1. The molecule has 2 unspecified atom stereocenters. The standard InChI is InChI=1S/C15H15NO3/c16-15(19)14(18)13(17)12-8-4-7-11(9-12)10-5-2-1-3-6-10/h1-9,13-14,17-18H,(H2,16,19). The molecule has 2 aromatic rings. The van der Waals surface area contributed by atoms with E-state index in [-0.39, 0.29) is 0 Å². The van der Waals surface area contributed by atoms with E-state index < -0.39 is 18.1 Å². The fourth-order valence-corrected chi connectivity index (χ4v) is 1.87. The number of carbonyl (C=O) groups is 1. The second kappa shape index (κ2) is 5.65. The predicted molar refractivity (Wildman–Crippen MR) is 72.0 cm³/mol. The van der Waals surface area contributed by atoms with Crippen molar-refractivity contribution < 1.29 is 15.0 Å². The number of rotatable bonds is 4. The Morgan fingerprint density at radius 3 is 2.21 bits per heavy atom. The number of hydrogen-bond acceptors (Lipinski definition) is 3. The van der Waals surface area contributed by atoms with Crippen molar-refractivity contribution in [3.8, 4) is 11.1 Å². The maximum Gasteiger partial charge on any atom is 0.249 e. The first kappa shape index (κ1) is 13.3. The molecule has 4 N–H and O–H groups in total. The third-order valence-corrected chi connectivity index (χ3v) is 2.93. The van der Waals surface area contributed by atoms with E-state index in [4.69, 9.17) is 5.73 Å². The molecule has 4 heteroatoms. The Morgan fingerprint density at radius 1 is 0.947 bits per heavy atom. The Balaban J connectivity index is 2.32. The summed E-state index contributed by atoms with van der Waals surface area (Å²) in [5, 5.41) is 19.4. The molecular weight excluding hydrogens is 242 g/mol. The Hall–Kier alpha value is -2.17. The molecule has 0 aliphatic heterocycles. The van der Waals surface area contributed by atoms with E-state index in [0.29, 0.717) is 5.56 Å². The lowest BCUT2D eigenvalue weighted by Gasteiger charge is -2.16. The highest BCUT2D eigenvalue weighted by Gasteiger charge is 2.23. The molecule has 0 aromatic heterocycles. The summed E-state index contributed by atoms with van der Waals surface area (Å²) in [6.07, 6.45) is -2.92. The summed E-state index contributed by atoms with van der Waals surface area (Å²) in [4.78, 5) is 10.9. The fourth-order valence-electron chi connectivity index (χ4n) is 1.87. The molecule has 2 atom stereocenters. The average Bonchev–Trinajstić information content (AvgIpc) is 2.46. The molecule has 0 spiro atoms. The first-order valence-electron chi connectivity index (χ1n) is 5.90. The highest BCUT2D eigenvalue weighted by molar-refractivity contribution is 5.79. The first-order valence-corrected chi connectivity index (χ1v) is 5.90. The zero-order valence-corrected chi connectivity index (χ0v) is 10.2. The van der Waals surface area contributed by atoms with E-state index in [2.05, 4.69) is 0 Å². The van der Waals surface area contributed by atoms with Crippen molar-refractivity contribution >= 4 is 5.91 Å². The summed E-state index contributed by atoms with van der Waals surface area (Å²) in [5.74, 6) is -0.947. The van der Waals surface area contributed by atoms with Crippen molar-refractivity contribution in [1.29, 1.82) is 0 Å². The number of amides is 1. The molecule has 0 aliphatic carbocycles. The zero-order chi connectivity index (χ0) is 13.8. The molecule has 0 fully saturated rings. The van der Waals surface area contributed by atoms with Gasteiger partial charge in [0.2, 0.25) is 5.91 Å². The van der Waals surface area contributed by atoms with E-state index >= 15 is 0 Å². The van der Waals surface area contributed by atoms with Gasteiger partial charge < -0.3 is 15.9 Å². The predicted octanol–water partition coefficient (Wildman–Crippen LogP) is 1.23. The van der Waals surface area contributed by atoms with Crippen LogP contribution in [0, 0.1) is 0 Å². The molecule has 1 amide bonds. The van der Waals surface area contributed by atoms with Gasteiger partial charge in [0.15, 0.2) is 6.10 Å². The van der Waals surface area contributed by atoms with Crippen molar-refractivity contribution in [2.45, 2.75) is 12.2 Å². The van der Waals surface area contributed by atoms with Crippen LogP contribution < -0.4 is 5.73 Å². The summed E-state index contributed by atoms with van der Waals surface area (Å²) in [6.45, 7) is 0. The van der Waals surface area contributed by atoms with Crippen LogP contribution in [0.4, 0.5) is 0 Å². The van der Waals surface area contributed by atoms with Crippen LogP contribution in [0.1, 0.15) is 11.7 Å². The van der Waals surface area contributed by atoms with Crippen molar-refractivity contribution in [2.24, 2.45) is 5.73 Å². The summed E-state index contributed by atoms with van der Waals surface area (Å²) in [6, 6.07) is 16.6. The maximum atomic E-state index is 10.9. The Labute approximate surface area is 111 Å². The lowest BCUT2D eigenvalue weighted by Crippen LogP contribution is -2.33. The smallest absolute Gasteiger partial charge is 0.249 e. The van der Waals surface area contributed by atoms with Crippen LogP contribution in [0.5, 0.6) is 0 Å². The summed E-state index contributed by atoms with van der Waals surface area (Å²) in [7, 11) is 0. The first-order chi connectivity index (χ1) is 9.09. The second-order valence-electron chi connectivity index (χ2n) is 4.28. The van der Waals surface area contributed by atoms with Gasteiger partial charge in [0.25, 0.3) is 0 Å². The summed E-state index contributed by atoms with van der Waals surface area (Å²) < 4.78 is 0. The molecule has 0 aliphatic rings. The zero-order valence-electron chi connectivity index (χ0n) is 10.2. The van der Waals surface area contributed by atoms with Crippen LogP contribution in [0.2, 0.25) is 0 Å². The molecule has 19 heavy (non-hydrogen) atoms. The normalized spacial score (nSPS) is 13.8. The SMILES string of the molecule is NC(=O)C(O)C(O)c1cccc(-c2ccccc2)c1. The van der Waals surface area contributed by atoms with E-state index in [1.54, 1.807) is 18.2 Å². The minimum Gasteiger partial charge on any atom is -0.385 e. The van der Waals surface area contributed by atoms with Crippen molar-refractivity contribution in [3.63, 3.8) is 0 Å². The summed E-state index contributed by atoms with van der Waals surface area (Å²) >= 11 is 0. The van der Waals surface area contributed by atoms with E-state index in [0.717, 1.165) is 11.1 Å². The van der Waals surface area contributed by atoms with Crippen molar-refractivity contribution in [3.05, 3.63) is 60.2 Å². The van der Waals surface area contributed by atoms with Crippen LogP contribution in [-0.2, 0) is 4.79 Å². The fraction of sp³-hybridized carbons (Fsp3) is 0.133. The number of benzene rings is 2. The summed E-state index contributed by atoms with van der Waals surface area (Å²) in [5.41, 5.74) is 7.31. The molecule has 0 saturated carbocycles. The monoisotopic (exact) mass is 257 g/mol. The van der Waals surface area contributed by atoms with Crippen LogP contribution in [-0.4, -0.2) is 22.2 Å². The third kappa shape index (κ3) is 2.99. The number of primary amides is 1. The van der Waals surface area contributed by atoms with Gasteiger partial charge in [-0.25, -0.2) is 0 Å². The molecule has 0 heterocycles. The quantitative estimate of drug-likeness (QED) is 0.770. The minimum absolute atomic E-state index is 0.452. The lowest BCUT2D eigenvalue weighted by atomic mass is 9.98. The van der Waals surface area contributed by atoms with Crippen molar-refractivity contribution in [2.75, 3.05) is 0 Å². The molecule has 98 valence electrons. The van der Waals surface area contributed by atoms with Crippen LogP contribution in [0.15, 0.2) is 54.6 Å². The second-order valence-corrected chi connectivity index (χ2v) is 4.28. The van der Waals surface area contributed by atoms with E-state index in [1.807, 2.05) is 36.4 Å². The Morgan fingerprint density at radius 2 is 1.58 bits per heavy atom. The minimum atomic E-state index is -1.61. The molecule has 2 aromatic carbocycles. The van der Waals surface area contributed by atoms with E-state index in [1.165, 1.54) is 0 Å². The van der Waals surface area contributed by atoms with Gasteiger partial charge in [0, 0.05) is 0 Å². The van der Waals surface area contributed by atoms with Gasteiger partial charge >= 0.3 is 0 Å². The lowest BCUT2D eigenvalue weighted by molar-refractivity contribution is -0.131.